The van der Waals surface area contributed by atoms with Crippen molar-refractivity contribution in [2.75, 3.05) is 6.61 Å². The molecule has 124 valence electrons. The van der Waals surface area contributed by atoms with Crippen LogP contribution in [0.5, 0.6) is 0 Å². The molecule has 0 radical (unpaired) electrons. The fraction of sp³-hybridized carbons (Fsp3) is 0.667. The van der Waals surface area contributed by atoms with E-state index in [1.54, 1.807) is 0 Å². The van der Waals surface area contributed by atoms with Gasteiger partial charge in [0.15, 0.2) is 0 Å². The van der Waals surface area contributed by atoms with Crippen molar-refractivity contribution in [3.05, 3.63) is 35.6 Å². The molecular weight excluding hydrogens is 284 g/mol. The van der Waals surface area contributed by atoms with E-state index in [4.69, 9.17) is 4.74 Å². The van der Waals surface area contributed by atoms with Gasteiger partial charge in [0.2, 0.25) is 0 Å². The van der Waals surface area contributed by atoms with Crippen molar-refractivity contribution in [1.82, 2.24) is 0 Å². The van der Waals surface area contributed by atoms with Crippen molar-refractivity contribution in [3.63, 3.8) is 0 Å². The predicted molar refractivity (Wildman–Crippen MR) is 91.7 cm³/mol. The fourth-order valence-corrected chi connectivity index (χ4v) is 5.78. The van der Waals surface area contributed by atoms with Gasteiger partial charge in [0.1, 0.15) is 5.78 Å². The summed E-state index contributed by atoms with van der Waals surface area (Å²) in [5.41, 5.74) is 1.49. The molecule has 0 aromatic carbocycles. The molecule has 0 heterocycles. The predicted octanol–water partition coefficient (Wildman–Crippen LogP) is 4.82. The molecule has 0 aromatic rings. The molecule has 5 atom stereocenters. The van der Waals surface area contributed by atoms with E-state index in [-0.39, 0.29) is 10.8 Å². The summed E-state index contributed by atoms with van der Waals surface area (Å²) < 4.78 is 5.77. The quantitative estimate of drug-likeness (QED) is 0.683. The van der Waals surface area contributed by atoms with Gasteiger partial charge in [0.05, 0.1) is 12.4 Å². The van der Waals surface area contributed by atoms with Crippen molar-refractivity contribution in [1.29, 1.82) is 0 Å². The Morgan fingerprint density at radius 3 is 2.91 bits per heavy atom. The summed E-state index contributed by atoms with van der Waals surface area (Å²) in [5, 5.41) is 0. The first kappa shape index (κ1) is 15.2. The zero-order chi connectivity index (χ0) is 16.2. The van der Waals surface area contributed by atoms with Gasteiger partial charge in [-0.3, -0.25) is 4.79 Å². The minimum Gasteiger partial charge on any atom is -0.498 e. The number of carbonyl (C=O) groups is 1. The lowest BCUT2D eigenvalue weighted by Crippen LogP contribution is -2.46. The van der Waals surface area contributed by atoms with Crippen molar-refractivity contribution in [3.8, 4) is 0 Å². The number of allylic oxidation sites excluding steroid dienone is 6. The molecule has 2 nitrogen and oxygen atoms in total. The number of ketones is 1. The van der Waals surface area contributed by atoms with Crippen LogP contribution in [0.15, 0.2) is 35.6 Å². The number of ether oxygens (including phenoxy) is 1. The average molecular weight is 312 g/mol. The minimum atomic E-state index is -0.191. The number of fused-ring (bicyclic) bond motifs is 5. The maximum Gasteiger partial charge on any atom is 0.142 e. The summed E-state index contributed by atoms with van der Waals surface area (Å²) in [6.07, 6.45) is 14.6. The number of hydrogen-bond acceptors (Lipinski definition) is 2. The fourth-order valence-electron chi connectivity index (χ4n) is 5.78. The van der Waals surface area contributed by atoms with Gasteiger partial charge in [-0.2, -0.15) is 0 Å². The molecule has 2 heteroatoms. The van der Waals surface area contributed by atoms with Gasteiger partial charge >= 0.3 is 0 Å². The molecule has 0 spiro atoms. The first-order valence-electron chi connectivity index (χ1n) is 9.25. The summed E-state index contributed by atoms with van der Waals surface area (Å²) in [6.45, 7) is 7.42. The second kappa shape index (κ2) is 5.09. The third-order valence-electron chi connectivity index (χ3n) is 7.22. The molecule has 0 bridgehead atoms. The third kappa shape index (κ3) is 2.03. The molecular formula is C21H28O2. The van der Waals surface area contributed by atoms with E-state index in [9.17, 15) is 4.79 Å². The van der Waals surface area contributed by atoms with Gasteiger partial charge in [-0.05, 0) is 67.9 Å². The van der Waals surface area contributed by atoms with Crippen LogP contribution in [0.1, 0.15) is 52.9 Å². The zero-order valence-corrected chi connectivity index (χ0v) is 14.6. The first-order valence-corrected chi connectivity index (χ1v) is 9.25. The second-order valence-electron chi connectivity index (χ2n) is 8.26. The molecule has 23 heavy (non-hydrogen) atoms. The topological polar surface area (TPSA) is 26.3 Å². The van der Waals surface area contributed by atoms with Crippen LogP contribution in [0.4, 0.5) is 0 Å². The number of carbonyl (C=O) groups excluding carboxylic acids is 1. The van der Waals surface area contributed by atoms with E-state index >= 15 is 0 Å². The van der Waals surface area contributed by atoms with Gasteiger partial charge < -0.3 is 4.74 Å². The van der Waals surface area contributed by atoms with Gasteiger partial charge in [-0.25, -0.2) is 0 Å². The van der Waals surface area contributed by atoms with Gasteiger partial charge in [-0.15, -0.1) is 0 Å². The summed E-state index contributed by atoms with van der Waals surface area (Å²) in [7, 11) is 0. The van der Waals surface area contributed by atoms with Gasteiger partial charge in [-0.1, -0.05) is 25.2 Å². The van der Waals surface area contributed by atoms with Crippen molar-refractivity contribution >= 4 is 5.78 Å². The van der Waals surface area contributed by atoms with Crippen LogP contribution >= 0.6 is 0 Å². The standard InChI is InChI=1S/C21H28O2/c1-4-23-15-9-11-20(2)14(13-15)5-6-16-17-7-8-19(22)21(17,3)12-10-18(16)20/h5,10,12-13,16-18H,4,6-9,11H2,1-3H3/t16-,17-,18-,20-,21-/m0/s1. The number of Topliss-reactive ketones (excluding diaryl/α,β-unsaturated/α-hetero) is 1. The lowest BCUT2D eigenvalue weighted by atomic mass is 9.51. The number of rotatable bonds is 2. The van der Waals surface area contributed by atoms with E-state index < -0.39 is 0 Å². The lowest BCUT2D eigenvalue weighted by molar-refractivity contribution is -0.125. The highest BCUT2D eigenvalue weighted by molar-refractivity contribution is 5.89. The minimum absolute atomic E-state index is 0.191. The van der Waals surface area contributed by atoms with Crippen molar-refractivity contribution in [2.45, 2.75) is 52.9 Å². The van der Waals surface area contributed by atoms with Crippen molar-refractivity contribution in [2.24, 2.45) is 28.6 Å². The third-order valence-corrected chi connectivity index (χ3v) is 7.22. The van der Waals surface area contributed by atoms with Crippen LogP contribution in [0.25, 0.3) is 0 Å². The molecule has 1 saturated carbocycles. The molecule has 0 aliphatic heterocycles. The second-order valence-corrected chi connectivity index (χ2v) is 8.26. The highest BCUT2D eigenvalue weighted by Crippen LogP contribution is 2.61. The van der Waals surface area contributed by atoms with Crippen molar-refractivity contribution < 1.29 is 9.53 Å². The maximum atomic E-state index is 12.4. The van der Waals surface area contributed by atoms with Gasteiger partial charge in [0.25, 0.3) is 0 Å². The average Bonchev–Trinajstić information content (AvgIpc) is 2.84. The Balaban J connectivity index is 1.71. The van der Waals surface area contributed by atoms with Crippen LogP contribution in [0.2, 0.25) is 0 Å². The lowest BCUT2D eigenvalue weighted by Gasteiger charge is -2.52. The van der Waals surface area contributed by atoms with Crippen LogP contribution in [0, 0.1) is 28.6 Å². The Kier molecular flexibility index (Phi) is 3.37. The van der Waals surface area contributed by atoms with Crippen LogP contribution in [-0.4, -0.2) is 12.4 Å². The van der Waals surface area contributed by atoms with E-state index in [1.165, 1.54) is 5.57 Å². The Hall–Kier alpha value is -1.31. The first-order chi connectivity index (χ1) is 11.0. The number of hydrogen-bond donors (Lipinski definition) is 0. The summed E-state index contributed by atoms with van der Waals surface area (Å²) in [4.78, 5) is 12.4. The monoisotopic (exact) mass is 312 g/mol. The molecule has 4 aliphatic rings. The Morgan fingerprint density at radius 2 is 2.13 bits per heavy atom. The SMILES string of the molecule is CCOC1=CC2=CC[C@@H]3[C@H](C=C[C@]4(C)C(=O)CC[C@@H]34)[C@@]2(C)CC1. The molecule has 0 aromatic heterocycles. The highest BCUT2D eigenvalue weighted by atomic mass is 16.5. The Labute approximate surface area is 139 Å². The molecule has 0 amide bonds. The summed E-state index contributed by atoms with van der Waals surface area (Å²) in [6, 6.07) is 0. The smallest absolute Gasteiger partial charge is 0.142 e. The maximum absolute atomic E-state index is 12.4. The van der Waals surface area contributed by atoms with E-state index in [0.29, 0.717) is 23.5 Å². The molecule has 4 rings (SSSR count). The summed E-state index contributed by atoms with van der Waals surface area (Å²) in [5.74, 6) is 3.35. The van der Waals surface area contributed by atoms with E-state index in [1.807, 2.05) is 0 Å². The Bertz CT molecular complexity index is 626. The van der Waals surface area contributed by atoms with Crippen LogP contribution in [0.3, 0.4) is 0 Å². The van der Waals surface area contributed by atoms with E-state index in [0.717, 1.165) is 44.5 Å². The van der Waals surface area contributed by atoms with Gasteiger partial charge in [0, 0.05) is 18.3 Å². The van der Waals surface area contributed by atoms with Crippen LogP contribution in [-0.2, 0) is 9.53 Å². The van der Waals surface area contributed by atoms with E-state index in [2.05, 4.69) is 45.1 Å². The normalized spacial score (nSPS) is 44.8. The molecule has 0 N–H and O–H groups in total. The molecule has 0 saturated heterocycles. The molecule has 4 aliphatic carbocycles. The zero-order valence-electron chi connectivity index (χ0n) is 14.6. The van der Waals surface area contributed by atoms with Crippen LogP contribution < -0.4 is 0 Å². The molecule has 0 unspecified atom stereocenters. The Morgan fingerprint density at radius 1 is 1.30 bits per heavy atom. The largest absolute Gasteiger partial charge is 0.498 e. The highest BCUT2D eigenvalue weighted by Gasteiger charge is 2.56. The molecule has 1 fully saturated rings. The summed E-state index contributed by atoms with van der Waals surface area (Å²) >= 11 is 0.